The number of carbonyl (C=O) groups excluding carboxylic acids is 1. The molecule has 1 saturated heterocycles. The molecule has 0 bridgehead atoms. The number of carbonyl (C=O) groups is 1. The van der Waals surface area contributed by atoms with Crippen molar-refractivity contribution in [3.05, 3.63) is 72.6 Å². The van der Waals surface area contributed by atoms with Crippen LogP contribution in [0.3, 0.4) is 0 Å². The maximum Gasteiger partial charge on any atom is 0.271 e. The number of ether oxygens (including phenoxy) is 3. The smallest absolute Gasteiger partial charge is 0.271 e. The largest absolute Gasteiger partial charge is 0.497 e. The lowest BCUT2D eigenvalue weighted by Crippen LogP contribution is -2.43. The van der Waals surface area contributed by atoms with Gasteiger partial charge in [0.05, 0.1) is 43.2 Å². The van der Waals surface area contributed by atoms with Crippen molar-refractivity contribution in [3.8, 4) is 11.5 Å². The molecular formula is C29H34N4O6S. The number of aromatic nitrogens is 1. The molecule has 5 rings (SSSR count). The highest BCUT2D eigenvalue weighted by atomic mass is 32.1. The summed E-state index contributed by atoms with van der Waals surface area (Å²) in [6.07, 6.45) is 1.73. The molecule has 0 N–H and O–H groups in total. The molecule has 1 atom stereocenters. The number of hydrogen-bond acceptors (Lipinski definition) is 9. The predicted molar refractivity (Wildman–Crippen MR) is 153 cm³/mol. The van der Waals surface area contributed by atoms with Gasteiger partial charge in [0.15, 0.2) is 10.7 Å². The van der Waals surface area contributed by atoms with E-state index in [4.69, 9.17) is 23.6 Å². The van der Waals surface area contributed by atoms with Crippen LogP contribution in [0.1, 0.15) is 38.1 Å². The van der Waals surface area contributed by atoms with Crippen LogP contribution in [0.25, 0.3) is 6.08 Å². The fourth-order valence-electron chi connectivity index (χ4n) is 5.13. The monoisotopic (exact) mass is 566 g/mol. The zero-order chi connectivity index (χ0) is 28.4. The molecule has 1 amide bonds. The first-order chi connectivity index (χ1) is 19.4. The van der Waals surface area contributed by atoms with Gasteiger partial charge in [0.1, 0.15) is 23.3 Å². The summed E-state index contributed by atoms with van der Waals surface area (Å²) in [5, 5.41) is 0. The molecule has 3 aromatic rings. The van der Waals surface area contributed by atoms with E-state index in [0.29, 0.717) is 69.7 Å². The van der Waals surface area contributed by atoms with Gasteiger partial charge in [-0.05, 0) is 45.0 Å². The van der Waals surface area contributed by atoms with Crippen LogP contribution in [0.2, 0.25) is 0 Å². The van der Waals surface area contributed by atoms with Crippen molar-refractivity contribution in [2.45, 2.75) is 26.8 Å². The average molecular weight is 567 g/mol. The zero-order valence-corrected chi connectivity index (χ0v) is 24.2. The molecule has 0 radical (unpaired) electrons. The number of nitrogens with zero attached hydrogens (tertiary/aromatic N) is 4. The third-order valence-corrected chi connectivity index (χ3v) is 8.23. The number of methoxy groups -OCH3 is 2. The Labute approximate surface area is 236 Å². The van der Waals surface area contributed by atoms with Gasteiger partial charge in [-0.2, -0.15) is 0 Å². The van der Waals surface area contributed by atoms with Gasteiger partial charge in [0, 0.05) is 43.9 Å². The first-order valence-electron chi connectivity index (χ1n) is 13.4. The van der Waals surface area contributed by atoms with E-state index < -0.39 is 6.04 Å². The Bertz CT molecular complexity index is 1610. The van der Waals surface area contributed by atoms with Crippen molar-refractivity contribution in [2.24, 2.45) is 4.99 Å². The van der Waals surface area contributed by atoms with Gasteiger partial charge in [0.2, 0.25) is 0 Å². The highest BCUT2D eigenvalue weighted by molar-refractivity contribution is 7.07. The van der Waals surface area contributed by atoms with E-state index in [0.717, 1.165) is 19.0 Å². The normalized spacial score (nSPS) is 17.5. The summed E-state index contributed by atoms with van der Waals surface area (Å²) in [6, 6.07) is 8.40. The summed E-state index contributed by atoms with van der Waals surface area (Å²) >= 11 is 1.26. The number of furan rings is 1. The fraction of sp³-hybridized carbons (Fsp3) is 0.414. The summed E-state index contributed by atoms with van der Waals surface area (Å²) in [5.74, 6) is 2.27. The van der Waals surface area contributed by atoms with Gasteiger partial charge >= 0.3 is 0 Å². The molecular weight excluding hydrogens is 532 g/mol. The molecule has 10 nitrogen and oxygen atoms in total. The standard InChI is InChI=1S/C29H34N4O6S/c1-6-31(7-2)28(35)25-18(3)30-29-33(26(25)21-16-19(36-4)8-10-22(21)37-5)27(34)23(40-29)17-20-9-11-24(39-20)32-12-14-38-15-13-32/h8-11,16-17,26H,6-7,12-15H2,1-5H3/b23-17+/t26-/m1/s1. The molecule has 0 saturated carbocycles. The quantitative estimate of drug-likeness (QED) is 0.413. The van der Waals surface area contributed by atoms with Crippen LogP contribution in [0.15, 0.2) is 55.8 Å². The van der Waals surface area contributed by atoms with E-state index in [2.05, 4.69) is 4.90 Å². The van der Waals surface area contributed by atoms with Gasteiger partial charge in [-0.15, -0.1) is 0 Å². The molecule has 212 valence electrons. The van der Waals surface area contributed by atoms with Gasteiger partial charge in [-0.25, -0.2) is 4.99 Å². The second-order valence-corrected chi connectivity index (χ2v) is 10.5. The number of rotatable bonds is 8. The first kappa shape index (κ1) is 27.7. The van der Waals surface area contributed by atoms with Crippen molar-refractivity contribution >= 4 is 29.2 Å². The maximum absolute atomic E-state index is 14.0. The Hall–Kier alpha value is -3.83. The number of allylic oxidation sites excluding steroid dienone is 1. The number of amides is 1. The lowest BCUT2D eigenvalue weighted by Gasteiger charge is -2.30. The van der Waals surface area contributed by atoms with E-state index in [1.54, 1.807) is 41.9 Å². The third-order valence-electron chi connectivity index (χ3n) is 7.24. The molecule has 1 fully saturated rings. The van der Waals surface area contributed by atoms with E-state index in [9.17, 15) is 9.59 Å². The Morgan fingerprint density at radius 2 is 1.90 bits per heavy atom. The SMILES string of the molecule is CCN(CC)C(=O)C1=C(C)N=c2s/c(=C/c3ccc(N4CCOCC4)o3)c(=O)n2[C@@H]1c1cc(OC)ccc1OC. The number of hydrogen-bond donors (Lipinski definition) is 0. The molecule has 0 aliphatic carbocycles. The minimum absolute atomic E-state index is 0.170. The van der Waals surface area contributed by atoms with Crippen LogP contribution in [0, 0.1) is 0 Å². The van der Waals surface area contributed by atoms with Crippen LogP contribution < -0.4 is 29.3 Å². The Morgan fingerprint density at radius 1 is 1.15 bits per heavy atom. The molecule has 2 aromatic heterocycles. The van der Waals surface area contributed by atoms with Crippen molar-refractivity contribution in [2.75, 3.05) is 58.5 Å². The lowest BCUT2D eigenvalue weighted by molar-refractivity contribution is -0.127. The molecule has 0 unspecified atom stereocenters. The lowest BCUT2D eigenvalue weighted by atomic mass is 9.93. The number of anilines is 1. The Kier molecular flexibility index (Phi) is 8.13. The van der Waals surface area contributed by atoms with Gasteiger partial charge < -0.3 is 28.4 Å². The minimum Gasteiger partial charge on any atom is -0.497 e. The molecule has 0 spiro atoms. The van der Waals surface area contributed by atoms with Crippen LogP contribution in [0.4, 0.5) is 5.88 Å². The fourth-order valence-corrected chi connectivity index (χ4v) is 6.15. The van der Waals surface area contributed by atoms with E-state index in [1.807, 2.05) is 39.0 Å². The second kappa shape index (κ2) is 11.7. The summed E-state index contributed by atoms with van der Waals surface area (Å²) in [7, 11) is 3.15. The predicted octanol–water partition coefficient (Wildman–Crippen LogP) is 2.55. The number of likely N-dealkylation sites (N-methyl/N-ethyl adjacent to an activating group) is 1. The summed E-state index contributed by atoms with van der Waals surface area (Å²) in [4.78, 5) is 37.0. The zero-order valence-electron chi connectivity index (χ0n) is 23.4. The highest BCUT2D eigenvalue weighted by Gasteiger charge is 2.36. The number of morpholine rings is 1. The second-order valence-electron chi connectivity index (χ2n) is 9.44. The minimum atomic E-state index is -0.753. The van der Waals surface area contributed by atoms with Gasteiger partial charge in [-0.3, -0.25) is 14.2 Å². The van der Waals surface area contributed by atoms with E-state index >= 15 is 0 Å². The van der Waals surface area contributed by atoms with Crippen LogP contribution in [0.5, 0.6) is 11.5 Å². The van der Waals surface area contributed by atoms with Crippen LogP contribution >= 0.6 is 11.3 Å². The highest BCUT2D eigenvalue weighted by Crippen LogP contribution is 2.38. The number of thiazole rings is 1. The summed E-state index contributed by atoms with van der Waals surface area (Å²) < 4.78 is 24.8. The van der Waals surface area contributed by atoms with Crippen molar-refractivity contribution < 1.29 is 23.4 Å². The topological polar surface area (TPSA) is 98.7 Å². The molecule has 2 aliphatic rings. The van der Waals surface area contributed by atoms with E-state index in [-0.39, 0.29) is 11.5 Å². The maximum atomic E-state index is 14.0. The third kappa shape index (κ3) is 5.06. The molecule has 2 aliphatic heterocycles. The Morgan fingerprint density at radius 3 is 2.58 bits per heavy atom. The summed E-state index contributed by atoms with van der Waals surface area (Å²) in [5.41, 5.74) is 1.38. The van der Waals surface area contributed by atoms with Crippen molar-refractivity contribution in [3.63, 3.8) is 0 Å². The molecule has 4 heterocycles. The number of fused-ring (bicyclic) bond motifs is 1. The van der Waals surface area contributed by atoms with Crippen molar-refractivity contribution in [1.29, 1.82) is 0 Å². The number of benzene rings is 1. The average Bonchev–Trinajstić information content (AvgIpc) is 3.57. The first-order valence-corrected chi connectivity index (χ1v) is 14.2. The van der Waals surface area contributed by atoms with Crippen LogP contribution in [-0.2, 0) is 9.53 Å². The molecule has 1 aromatic carbocycles. The van der Waals surface area contributed by atoms with Gasteiger partial charge in [-0.1, -0.05) is 11.3 Å². The Balaban J connectivity index is 1.68. The molecule has 11 heteroatoms. The molecule has 40 heavy (non-hydrogen) atoms. The van der Waals surface area contributed by atoms with Crippen molar-refractivity contribution in [1.82, 2.24) is 9.47 Å². The van der Waals surface area contributed by atoms with Gasteiger partial charge in [0.25, 0.3) is 11.5 Å². The van der Waals surface area contributed by atoms with Crippen LogP contribution in [-0.4, -0.2) is 69.0 Å². The summed E-state index contributed by atoms with van der Waals surface area (Å²) in [6.45, 7) is 9.54. The van der Waals surface area contributed by atoms with E-state index in [1.165, 1.54) is 11.3 Å².